The molecule has 0 radical (unpaired) electrons. The number of hydrogen-bond acceptors (Lipinski definition) is 3. The third-order valence-corrected chi connectivity index (χ3v) is 0.676. The minimum Gasteiger partial charge on any atom is -0.481 e. The van der Waals surface area contributed by atoms with E-state index in [-0.39, 0.29) is 5.95 Å². The lowest BCUT2D eigenvalue weighted by Gasteiger charge is -2.00. The van der Waals surface area contributed by atoms with Gasteiger partial charge in [-0.1, -0.05) is 0 Å². The van der Waals surface area contributed by atoms with Crippen LogP contribution in [0.15, 0.2) is 12.0 Å². The van der Waals surface area contributed by atoms with E-state index in [2.05, 4.69) is 4.74 Å². The summed E-state index contributed by atoms with van der Waals surface area (Å²) in [5.41, 5.74) is 0. The van der Waals surface area contributed by atoms with Gasteiger partial charge in [-0.05, 0) is 13.8 Å². The van der Waals surface area contributed by atoms with Gasteiger partial charge in [0.25, 0.3) is 5.95 Å². The van der Waals surface area contributed by atoms with Gasteiger partial charge in [0.2, 0.25) is 0 Å². The third kappa shape index (κ3) is 5.17. The fraction of sp³-hybridized carbons (Fsp3) is 0.667. The van der Waals surface area contributed by atoms with E-state index in [0.717, 1.165) is 0 Å². The highest BCUT2D eigenvalue weighted by Crippen LogP contribution is 1.93. The predicted molar refractivity (Wildman–Crippen MR) is 34.0 cm³/mol. The van der Waals surface area contributed by atoms with Gasteiger partial charge in [-0.25, -0.2) is 0 Å². The first-order chi connectivity index (χ1) is 4.16. The van der Waals surface area contributed by atoms with E-state index in [0.29, 0.717) is 6.61 Å². The van der Waals surface area contributed by atoms with Crippen LogP contribution in [-0.2, 0) is 4.74 Å². The second-order valence-electron chi connectivity index (χ2n) is 1.68. The molecule has 0 saturated heterocycles. The Morgan fingerprint density at radius 3 is 2.67 bits per heavy atom. The van der Waals surface area contributed by atoms with Crippen LogP contribution in [0.25, 0.3) is 0 Å². The molecule has 3 heteroatoms. The summed E-state index contributed by atoms with van der Waals surface area (Å²) in [6.45, 7) is 3.70. The van der Waals surface area contributed by atoms with Crippen LogP contribution in [0.5, 0.6) is 0 Å². The highest BCUT2D eigenvalue weighted by molar-refractivity contribution is 4.85. The molecule has 0 rings (SSSR count). The summed E-state index contributed by atoms with van der Waals surface area (Å²) in [6.07, 6.45) is 0.570. The van der Waals surface area contributed by atoms with E-state index in [9.17, 15) is 0 Å². The SMILES string of the molecule is CCO/C(O)=C/C(C)O. The van der Waals surface area contributed by atoms with Crippen molar-refractivity contribution in [2.75, 3.05) is 6.61 Å². The minimum atomic E-state index is -0.656. The Balaban J connectivity index is 3.55. The van der Waals surface area contributed by atoms with Crippen molar-refractivity contribution in [3.8, 4) is 0 Å². The molecule has 0 amide bonds. The van der Waals surface area contributed by atoms with Crippen molar-refractivity contribution in [3.63, 3.8) is 0 Å². The van der Waals surface area contributed by atoms with Crippen molar-refractivity contribution < 1.29 is 14.9 Å². The molecular formula is C6H12O3. The first kappa shape index (κ1) is 8.30. The quantitative estimate of drug-likeness (QED) is 0.558. The zero-order valence-corrected chi connectivity index (χ0v) is 5.66. The van der Waals surface area contributed by atoms with Crippen molar-refractivity contribution in [1.82, 2.24) is 0 Å². The van der Waals surface area contributed by atoms with Gasteiger partial charge in [0.05, 0.1) is 12.7 Å². The van der Waals surface area contributed by atoms with Gasteiger partial charge in [-0.3, -0.25) is 0 Å². The van der Waals surface area contributed by atoms with Crippen molar-refractivity contribution in [1.29, 1.82) is 0 Å². The van der Waals surface area contributed by atoms with Crippen LogP contribution in [-0.4, -0.2) is 22.9 Å². The number of aliphatic hydroxyl groups is 2. The van der Waals surface area contributed by atoms with Gasteiger partial charge in [-0.2, -0.15) is 0 Å². The summed E-state index contributed by atoms with van der Waals surface area (Å²) in [4.78, 5) is 0. The Hall–Kier alpha value is -0.700. The van der Waals surface area contributed by atoms with Crippen molar-refractivity contribution in [2.45, 2.75) is 20.0 Å². The van der Waals surface area contributed by atoms with Crippen LogP contribution < -0.4 is 0 Å². The normalized spacial score (nSPS) is 15.2. The number of hydrogen-bond donors (Lipinski definition) is 2. The Morgan fingerprint density at radius 1 is 1.78 bits per heavy atom. The average molecular weight is 132 g/mol. The molecule has 0 aromatic rings. The molecule has 0 aliphatic heterocycles. The summed E-state index contributed by atoms with van der Waals surface area (Å²) < 4.78 is 4.61. The van der Waals surface area contributed by atoms with Crippen LogP contribution in [0.3, 0.4) is 0 Å². The molecule has 0 bridgehead atoms. The van der Waals surface area contributed by atoms with E-state index in [1.165, 1.54) is 13.0 Å². The molecular weight excluding hydrogens is 120 g/mol. The number of ether oxygens (including phenoxy) is 1. The van der Waals surface area contributed by atoms with Gasteiger partial charge in [0, 0.05) is 6.08 Å². The maximum Gasteiger partial charge on any atom is 0.274 e. The van der Waals surface area contributed by atoms with Crippen LogP contribution in [0.1, 0.15) is 13.8 Å². The summed E-state index contributed by atoms with van der Waals surface area (Å²) in [5, 5.41) is 17.3. The van der Waals surface area contributed by atoms with E-state index >= 15 is 0 Å². The van der Waals surface area contributed by atoms with Gasteiger partial charge in [0.15, 0.2) is 0 Å². The van der Waals surface area contributed by atoms with Crippen LogP contribution >= 0.6 is 0 Å². The standard InChI is InChI=1S/C6H12O3/c1-3-9-6(8)4-5(2)7/h4-5,7-8H,3H2,1-2H3/b6-4+. The molecule has 0 aromatic carbocycles. The second-order valence-corrected chi connectivity index (χ2v) is 1.68. The van der Waals surface area contributed by atoms with Gasteiger partial charge < -0.3 is 14.9 Å². The largest absolute Gasteiger partial charge is 0.481 e. The highest BCUT2D eigenvalue weighted by atomic mass is 16.6. The molecule has 0 aliphatic rings. The topological polar surface area (TPSA) is 49.7 Å². The van der Waals surface area contributed by atoms with Crippen molar-refractivity contribution >= 4 is 0 Å². The van der Waals surface area contributed by atoms with Gasteiger partial charge in [-0.15, -0.1) is 0 Å². The lowest BCUT2D eigenvalue weighted by Crippen LogP contribution is -1.98. The van der Waals surface area contributed by atoms with Crippen molar-refractivity contribution in [2.24, 2.45) is 0 Å². The third-order valence-electron chi connectivity index (χ3n) is 0.676. The number of rotatable bonds is 3. The molecule has 0 aromatic heterocycles. The van der Waals surface area contributed by atoms with Crippen molar-refractivity contribution in [3.05, 3.63) is 12.0 Å². The molecule has 0 heterocycles. The second kappa shape index (κ2) is 4.21. The summed E-state index contributed by atoms with van der Waals surface area (Å²) in [5.74, 6) is -0.215. The maximum atomic E-state index is 8.70. The molecule has 1 atom stereocenters. The molecule has 3 nitrogen and oxygen atoms in total. The molecule has 1 unspecified atom stereocenters. The van der Waals surface area contributed by atoms with Crippen LogP contribution in [0, 0.1) is 0 Å². The van der Waals surface area contributed by atoms with E-state index < -0.39 is 6.10 Å². The molecule has 0 spiro atoms. The smallest absolute Gasteiger partial charge is 0.274 e. The maximum absolute atomic E-state index is 8.70. The zero-order chi connectivity index (χ0) is 7.28. The van der Waals surface area contributed by atoms with Crippen LogP contribution in [0.4, 0.5) is 0 Å². The summed E-state index contributed by atoms with van der Waals surface area (Å²) in [6, 6.07) is 0. The first-order valence-corrected chi connectivity index (χ1v) is 2.88. The monoisotopic (exact) mass is 132 g/mol. The lowest BCUT2D eigenvalue weighted by atomic mass is 10.4. The van der Waals surface area contributed by atoms with E-state index in [1.807, 2.05) is 0 Å². The molecule has 0 fully saturated rings. The Kier molecular flexibility index (Phi) is 3.88. The molecule has 2 N–H and O–H groups in total. The Morgan fingerprint density at radius 2 is 2.33 bits per heavy atom. The lowest BCUT2D eigenvalue weighted by molar-refractivity contribution is 0.0942. The summed E-state index contributed by atoms with van der Waals surface area (Å²) >= 11 is 0. The fourth-order valence-electron chi connectivity index (χ4n) is 0.402. The molecule has 0 aliphatic carbocycles. The first-order valence-electron chi connectivity index (χ1n) is 2.88. The fourth-order valence-corrected chi connectivity index (χ4v) is 0.402. The molecule has 54 valence electrons. The number of aliphatic hydroxyl groups excluding tert-OH is 2. The molecule has 9 heavy (non-hydrogen) atoms. The van der Waals surface area contributed by atoms with E-state index in [1.54, 1.807) is 6.92 Å². The van der Waals surface area contributed by atoms with E-state index in [4.69, 9.17) is 10.2 Å². The molecule has 0 saturated carbocycles. The van der Waals surface area contributed by atoms with Gasteiger partial charge >= 0.3 is 0 Å². The highest BCUT2D eigenvalue weighted by Gasteiger charge is 1.93. The predicted octanol–water partition coefficient (Wildman–Crippen LogP) is 0.803. The average Bonchev–Trinajstić information content (AvgIpc) is 1.63. The Labute approximate surface area is 54.6 Å². The zero-order valence-electron chi connectivity index (χ0n) is 5.66. The van der Waals surface area contributed by atoms with Crippen LogP contribution in [0.2, 0.25) is 0 Å². The Bertz CT molecular complexity index is 96.5. The van der Waals surface area contributed by atoms with Gasteiger partial charge in [0.1, 0.15) is 0 Å². The summed E-state index contributed by atoms with van der Waals surface area (Å²) in [7, 11) is 0. The minimum absolute atomic E-state index is 0.215.